The minimum absolute atomic E-state index is 0. The molecule has 0 bridgehead atoms. The molecule has 0 spiro atoms. The van der Waals surface area contributed by atoms with Gasteiger partial charge in [-0.2, -0.15) is 0 Å². The minimum Gasteiger partial charge on any atom is -0.457 e. The summed E-state index contributed by atoms with van der Waals surface area (Å²) in [4.78, 5) is 0. The van der Waals surface area contributed by atoms with E-state index in [4.69, 9.17) is 14.0 Å². The Balaban J connectivity index is -0.00000000500. The third-order valence-electron chi connectivity index (χ3n) is 0. The predicted octanol–water partition coefficient (Wildman–Crippen LogP) is -1.27. The molecule has 0 unspecified atom stereocenters. The molecule has 7 heteroatoms. The average molecular weight is 259 g/mol. The molecule has 58 valence electrons. The quantitative estimate of drug-likeness (QED) is 0.292. The van der Waals surface area contributed by atoms with Gasteiger partial charge in [-0.05, 0) is 0 Å². The first-order valence-electron chi connectivity index (χ1n) is 0.746. The predicted molar refractivity (Wildman–Crippen MR) is 27.4 cm³/mol. The maximum atomic E-state index is 7.50. The molecular weight excluding hydrogens is 253 g/mol. The van der Waals surface area contributed by atoms with E-state index in [1.165, 1.54) is 0 Å². The van der Waals surface area contributed by atoms with E-state index in [2.05, 4.69) is 29.6 Å². The number of rotatable bonds is 0. The molecular formula is C3H6ClO5Ru+5. The van der Waals surface area contributed by atoms with Gasteiger partial charge in [0, 0.05) is 0 Å². The third-order valence-corrected chi connectivity index (χ3v) is 0. The number of halogens is 1. The summed E-state index contributed by atoms with van der Waals surface area (Å²) in [7, 11) is 4.57. The largest absolute Gasteiger partial charge is 0.457 e. The Hall–Kier alpha value is 0.0534. The molecule has 10 heavy (non-hydrogen) atoms. The molecule has 0 heterocycles. The summed E-state index contributed by atoms with van der Waals surface area (Å²) < 4.78 is 22.5. The summed E-state index contributed by atoms with van der Waals surface area (Å²) in [6.45, 7) is 13.5. The first kappa shape index (κ1) is 50.2. The zero-order valence-electron chi connectivity index (χ0n) is 4.61. The summed E-state index contributed by atoms with van der Waals surface area (Å²) in [5.41, 5.74) is 0. The molecule has 0 atom stereocenters. The van der Waals surface area contributed by atoms with Crippen molar-refractivity contribution < 1.29 is 42.2 Å². The monoisotopic (exact) mass is 259 g/mol. The maximum absolute atomic E-state index is 7.50. The summed E-state index contributed by atoms with van der Waals surface area (Å²) in [6, 6.07) is 0. The zero-order chi connectivity index (χ0) is 8.00. The van der Waals surface area contributed by atoms with Crippen LogP contribution in [0.25, 0.3) is 0 Å². The summed E-state index contributed by atoms with van der Waals surface area (Å²) in [5.74, 6) is 0. The number of hydrogen-bond donors (Lipinski definition) is 0. The van der Waals surface area contributed by atoms with Gasteiger partial charge in [0.15, 0.2) is 0 Å². The minimum atomic E-state index is 0. The van der Waals surface area contributed by atoms with Crippen molar-refractivity contribution in [2.45, 2.75) is 0 Å². The van der Waals surface area contributed by atoms with Crippen LogP contribution in [0.5, 0.6) is 0 Å². The van der Waals surface area contributed by atoms with Gasteiger partial charge in [0.2, 0.25) is 0 Å². The molecule has 0 aromatic heterocycles. The van der Waals surface area contributed by atoms with Crippen LogP contribution in [0.4, 0.5) is 0 Å². The van der Waals surface area contributed by atoms with Gasteiger partial charge in [0.25, 0.3) is 0 Å². The molecule has 0 aliphatic carbocycles. The normalized spacial score (nSPS) is 1.10. The molecule has 0 radical (unpaired) electrons. The second-order valence-corrected chi connectivity index (χ2v) is 0. The Morgan fingerprint density at radius 3 is 0.700 bits per heavy atom. The standard InChI is InChI=1S/3CO.ClH.2H2O.Ru/c3*1-2;;;;/h;;;1H;2*1H2;/q;;;;;;+4/p+1. The van der Waals surface area contributed by atoms with Gasteiger partial charge in [-0.1, -0.05) is 0 Å². The molecule has 0 aromatic carbocycles. The van der Waals surface area contributed by atoms with E-state index in [1.807, 2.05) is 17.3 Å². The van der Waals surface area contributed by atoms with E-state index < -0.39 is 0 Å². The molecule has 5 nitrogen and oxygen atoms in total. The van der Waals surface area contributed by atoms with Gasteiger partial charge in [-0.3, -0.25) is 0 Å². The van der Waals surface area contributed by atoms with E-state index in [0.717, 1.165) is 0 Å². The molecule has 0 aliphatic heterocycles. The molecule has 0 amide bonds. The summed E-state index contributed by atoms with van der Waals surface area (Å²) in [6.07, 6.45) is 0. The van der Waals surface area contributed by atoms with Gasteiger partial charge >= 0.3 is 60.9 Å². The topological polar surface area (TPSA) is 126 Å². The van der Waals surface area contributed by atoms with Crippen LogP contribution in [-0.2, 0) is 42.2 Å². The van der Waals surface area contributed by atoms with E-state index in [1.54, 1.807) is 0 Å². The van der Waals surface area contributed by atoms with Crippen molar-refractivity contribution in [1.82, 2.24) is 0 Å². The van der Waals surface area contributed by atoms with Crippen LogP contribution in [0.15, 0.2) is 0 Å². The Kier molecular flexibility index (Phi) is 1030000. The van der Waals surface area contributed by atoms with Gasteiger partial charge in [0.05, 0.1) is 0 Å². The van der Waals surface area contributed by atoms with Crippen molar-refractivity contribution in [3.05, 3.63) is 20.0 Å². The van der Waals surface area contributed by atoms with Crippen molar-refractivity contribution in [2.75, 3.05) is 0 Å². The first-order valence-corrected chi connectivity index (χ1v) is 2.98. The fraction of sp³-hybridized carbons (Fsp3) is 0. The third kappa shape index (κ3) is 141000. The Morgan fingerprint density at radius 2 is 0.700 bits per heavy atom. The van der Waals surface area contributed by atoms with Crippen LogP contribution in [0.1, 0.15) is 0 Å². The van der Waals surface area contributed by atoms with Crippen LogP contribution < -0.4 is 0 Å². The van der Waals surface area contributed by atoms with Crippen molar-refractivity contribution in [1.29, 1.82) is 0 Å². The number of hydrogen-bond acceptors (Lipinski definition) is 0. The average Bonchev–Trinajstić information content (AvgIpc) is 2.03. The van der Waals surface area contributed by atoms with Crippen molar-refractivity contribution >= 4 is 9.69 Å². The van der Waals surface area contributed by atoms with Crippen LogP contribution in [0.2, 0.25) is 0 Å². The molecule has 0 saturated carbocycles. The molecule has 0 aliphatic rings. The van der Waals surface area contributed by atoms with Crippen LogP contribution >= 0.6 is 9.69 Å². The molecule has 0 fully saturated rings. The maximum Gasteiger partial charge on any atom is -0.457 e. The van der Waals surface area contributed by atoms with Crippen molar-refractivity contribution in [3.8, 4) is 0 Å². The van der Waals surface area contributed by atoms with Gasteiger partial charge in [-0.25, -0.2) is 0 Å². The van der Waals surface area contributed by atoms with E-state index in [-0.39, 0.29) is 11.0 Å². The molecule has 0 rings (SSSR count). The summed E-state index contributed by atoms with van der Waals surface area (Å²) in [5, 5.41) is 0. The molecule has 0 saturated heterocycles. The van der Waals surface area contributed by atoms with Crippen LogP contribution in [0, 0.1) is 20.0 Å². The Morgan fingerprint density at radius 1 is 0.700 bits per heavy atom. The molecule has 6 N–H and O–H groups in total. The first-order chi connectivity index (χ1) is 4.00. The zero-order valence-corrected chi connectivity index (χ0v) is 7.10. The summed E-state index contributed by atoms with van der Waals surface area (Å²) >= 11 is 1.82. The van der Waals surface area contributed by atoms with Gasteiger partial charge < -0.3 is 11.0 Å². The second-order valence-electron chi connectivity index (χ2n) is 0. The Bertz CT molecular complexity index is 45.4. The fourth-order valence-electron chi connectivity index (χ4n) is 0. The van der Waals surface area contributed by atoms with E-state index in [9.17, 15) is 0 Å². The van der Waals surface area contributed by atoms with E-state index >= 15 is 0 Å². The molecule has 0 aromatic rings. The smallest absolute Gasteiger partial charge is 0.457 e. The SMILES string of the molecule is [C-]#[O+].[C-]#[O+].[C-]#[O+].[Cl][Ru+3].[OH3+].[OH3+]. The van der Waals surface area contributed by atoms with Crippen molar-refractivity contribution in [3.63, 3.8) is 0 Å². The van der Waals surface area contributed by atoms with Crippen LogP contribution in [0.3, 0.4) is 0 Å². The second kappa shape index (κ2) is 206000. The van der Waals surface area contributed by atoms with E-state index in [0.29, 0.717) is 0 Å². The van der Waals surface area contributed by atoms with Gasteiger partial charge in [0.1, 0.15) is 0 Å². The fourth-order valence-corrected chi connectivity index (χ4v) is 0. The van der Waals surface area contributed by atoms with Gasteiger partial charge in [-0.15, -0.1) is 0 Å². The van der Waals surface area contributed by atoms with Crippen molar-refractivity contribution in [2.24, 2.45) is 0 Å². The van der Waals surface area contributed by atoms with Crippen LogP contribution in [-0.4, -0.2) is 0 Å². The Labute approximate surface area is 72.2 Å².